The lowest BCUT2D eigenvalue weighted by Crippen LogP contribution is -1.88. The molecule has 0 amide bonds. The highest BCUT2D eigenvalue weighted by Gasteiger charge is 2.06. The standard InChI is InChI=1S/C23H16N2/c1-15-6-7-17-9-11-19(14-22(17)24-15)21-13-12-18-10-8-16-4-2-3-5-20(16)23(18)25-21/h2-14H,1H3. The molecule has 118 valence electrons. The Bertz CT molecular complexity index is 1260. The third-order valence-corrected chi connectivity index (χ3v) is 4.71. The van der Waals surface area contributed by atoms with Crippen molar-refractivity contribution >= 4 is 32.6 Å². The molecule has 0 aliphatic rings. The number of hydrogen-bond acceptors (Lipinski definition) is 2. The van der Waals surface area contributed by atoms with Gasteiger partial charge in [0.15, 0.2) is 0 Å². The topological polar surface area (TPSA) is 25.8 Å². The highest BCUT2D eigenvalue weighted by atomic mass is 14.7. The Balaban J connectivity index is 1.76. The minimum absolute atomic E-state index is 0.981. The van der Waals surface area contributed by atoms with E-state index in [4.69, 9.17) is 4.98 Å². The third kappa shape index (κ3) is 2.34. The van der Waals surface area contributed by atoms with Crippen molar-refractivity contribution in [2.45, 2.75) is 6.92 Å². The van der Waals surface area contributed by atoms with Crippen molar-refractivity contribution in [3.8, 4) is 11.3 Å². The second-order valence-electron chi connectivity index (χ2n) is 6.42. The van der Waals surface area contributed by atoms with Crippen LogP contribution in [0.2, 0.25) is 0 Å². The first kappa shape index (κ1) is 14.1. The quantitative estimate of drug-likeness (QED) is 0.359. The molecule has 0 N–H and O–H groups in total. The lowest BCUT2D eigenvalue weighted by Gasteiger charge is -2.07. The van der Waals surface area contributed by atoms with E-state index in [2.05, 4.69) is 77.8 Å². The van der Waals surface area contributed by atoms with Crippen LogP contribution in [0.15, 0.2) is 78.9 Å². The van der Waals surface area contributed by atoms with Gasteiger partial charge in [-0.1, -0.05) is 60.7 Å². The molecule has 0 radical (unpaired) electrons. The summed E-state index contributed by atoms with van der Waals surface area (Å²) in [6, 6.07) is 27.5. The van der Waals surface area contributed by atoms with Crippen LogP contribution in [-0.4, -0.2) is 9.97 Å². The van der Waals surface area contributed by atoms with E-state index < -0.39 is 0 Å². The molecule has 0 fully saturated rings. The molecule has 0 unspecified atom stereocenters. The normalized spacial score (nSPS) is 11.4. The van der Waals surface area contributed by atoms with Crippen molar-refractivity contribution in [3.05, 3.63) is 84.6 Å². The lowest BCUT2D eigenvalue weighted by atomic mass is 10.0. The summed E-state index contributed by atoms with van der Waals surface area (Å²) in [5, 5.41) is 4.73. The molecule has 5 aromatic rings. The Morgan fingerprint density at radius 1 is 0.640 bits per heavy atom. The van der Waals surface area contributed by atoms with E-state index in [0.717, 1.165) is 38.8 Å². The summed E-state index contributed by atoms with van der Waals surface area (Å²) < 4.78 is 0. The second-order valence-corrected chi connectivity index (χ2v) is 6.42. The van der Waals surface area contributed by atoms with Crippen LogP contribution < -0.4 is 0 Å². The summed E-state index contributed by atoms with van der Waals surface area (Å²) in [4.78, 5) is 9.62. The Kier molecular flexibility index (Phi) is 3.04. The molecule has 0 atom stereocenters. The summed E-state index contributed by atoms with van der Waals surface area (Å²) in [6.07, 6.45) is 0. The van der Waals surface area contributed by atoms with Crippen LogP contribution in [0.3, 0.4) is 0 Å². The zero-order valence-corrected chi connectivity index (χ0v) is 13.9. The van der Waals surface area contributed by atoms with E-state index >= 15 is 0 Å². The Labute approximate surface area is 145 Å². The van der Waals surface area contributed by atoms with E-state index in [9.17, 15) is 0 Å². The molecule has 0 aliphatic heterocycles. The lowest BCUT2D eigenvalue weighted by molar-refractivity contribution is 1.25. The highest BCUT2D eigenvalue weighted by Crippen LogP contribution is 2.28. The fourth-order valence-corrected chi connectivity index (χ4v) is 3.40. The van der Waals surface area contributed by atoms with Gasteiger partial charge in [-0.15, -0.1) is 0 Å². The molecule has 0 spiro atoms. The van der Waals surface area contributed by atoms with Gasteiger partial charge in [-0.05, 0) is 30.5 Å². The zero-order chi connectivity index (χ0) is 16.8. The van der Waals surface area contributed by atoms with Crippen LogP contribution in [0.25, 0.3) is 43.8 Å². The number of aryl methyl sites for hydroxylation is 1. The van der Waals surface area contributed by atoms with Crippen LogP contribution in [0.4, 0.5) is 0 Å². The monoisotopic (exact) mass is 320 g/mol. The van der Waals surface area contributed by atoms with Gasteiger partial charge >= 0.3 is 0 Å². The third-order valence-electron chi connectivity index (χ3n) is 4.71. The minimum atomic E-state index is 0.981. The van der Waals surface area contributed by atoms with E-state index in [0.29, 0.717) is 0 Å². The molecular formula is C23H16N2. The molecule has 0 saturated heterocycles. The molecule has 2 nitrogen and oxygen atoms in total. The summed E-state index contributed by atoms with van der Waals surface area (Å²) in [5.74, 6) is 0. The van der Waals surface area contributed by atoms with Crippen LogP contribution in [-0.2, 0) is 0 Å². The number of aromatic nitrogens is 2. The Hall–Kier alpha value is -3.26. The fourth-order valence-electron chi connectivity index (χ4n) is 3.40. The first-order valence-electron chi connectivity index (χ1n) is 8.44. The van der Waals surface area contributed by atoms with Crippen LogP contribution >= 0.6 is 0 Å². The van der Waals surface area contributed by atoms with Gasteiger partial charge in [-0.25, -0.2) is 4.98 Å². The Morgan fingerprint density at radius 3 is 2.36 bits per heavy atom. The van der Waals surface area contributed by atoms with Crippen molar-refractivity contribution in [1.82, 2.24) is 9.97 Å². The van der Waals surface area contributed by atoms with Gasteiger partial charge < -0.3 is 0 Å². The number of fused-ring (bicyclic) bond motifs is 4. The van der Waals surface area contributed by atoms with E-state index in [1.165, 1.54) is 10.8 Å². The van der Waals surface area contributed by atoms with Crippen molar-refractivity contribution < 1.29 is 0 Å². The van der Waals surface area contributed by atoms with Gasteiger partial charge in [0, 0.05) is 27.4 Å². The highest BCUT2D eigenvalue weighted by molar-refractivity contribution is 6.05. The molecular weight excluding hydrogens is 304 g/mol. The van der Waals surface area contributed by atoms with Crippen LogP contribution in [0.5, 0.6) is 0 Å². The van der Waals surface area contributed by atoms with Crippen molar-refractivity contribution in [3.63, 3.8) is 0 Å². The number of hydrogen-bond donors (Lipinski definition) is 0. The van der Waals surface area contributed by atoms with E-state index in [1.807, 2.05) is 13.0 Å². The molecule has 5 rings (SSSR count). The van der Waals surface area contributed by atoms with Crippen molar-refractivity contribution in [1.29, 1.82) is 0 Å². The summed E-state index contributed by atoms with van der Waals surface area (Å²) in [7, 11) is 0. The van der Waals surface area contributed by atoms with Gasteiger partial charge in [0.05, 0.1) is 16.7 Å². The largest absolute Gasteiger partial charge is 0.253 e. The predicted molar refractivity (Wildman–Crippen MR) is 105 cm³/mol. The molecule has 3 aromatic carbocycles. The predicted octanol–water partition coefficient (Wildman–Crippen LogP) is 5.91. The van der Waals surface area contributed by atoms with Crippen molar-refractivity contribution in [2.75, 3.05) is 0 Å². The molecule has 2 heterocycles. The summed E-state index contributed by atoms with van der Waals surface area (Å²) >= 11 is 0. The maximum atomic E-state index is 4.98. The van der Waals surface area contributed by atoms with Gasteiger partial charge in [-0.3, -0.25) is 4.98 Å². The zero-order valence-electron chi connectivity index (χ0n) is 13.9. The second kappa shape index (κ2) is 5.38. The van der Waals surface area contributed by atoms with Gasteiger partial charge in [0.1, 0.15) is 0 Å². The number of benzene rings is 3. The first-order chi connectivity index (χ1) is 12.3. The average Bonchev–Trinajstić information content (AvgIpc) is 2.67. The number of pyridine rings is 2. The number of rotatable bonds is 1. The minimum Gasteiger partial charge on any atom is -0.253 e. The number of nitrogens with zero attached hydrogens (tertiary/aromatic N) is 2. The average molecular weight is 320 g/mol. The maximum absolute atomic E-state index is 4.98. The first-order valence-corrected chi connectivity index (χ1v) is 8.44. The van der Waals surface area contributed by atoms with E-state index in [-0.39, 0.29) is 0 Å². The Morgan fingerprint density at radius 2 is 1.40 bits per heavy atom. The maximum Gasteiger partial charge on any atom is 0.0787 e. The molecule has 2 aromatic heterocycles. The fraction of sp³-hybridized carbons (Fsp3) is 0.0435. The van der Waals surface area contributed by atoms with Gasteiger partial charge in [0.2, 0.25) is 0 Å². The summed E-state index contributed by atoms with van der Waals surface area (Å²) in [6.45, 7) is 2.02. The molecule has 2 heteroatoms. The molecule has 0 aliphatic carbocycles. The SMILES string of the molecule is Cc1ccc2ccc(-c3ccc4ccc5ccccc5c4n3)cc2n1. The van der Waals surface area contributed by atoms with Gasteiger partial charge in [0.25, 0.3) is 0 Å². The van der Waals surface area contributed by atoms with Crippen molar-refractivity contribution in [2.24, 2.45) is 0 Å². The van der Waals surface area contributed by atoms with E-state index in [1.54, 1.807) is 0 Å². The van der Waals surface area contributed by atoms with Crippen LogP contribution in [0.1, 0.15) is 5.69 Å². The molecule has 0 saturated carbocycles. The molecule has 25 heavy (non-hydrogen) atoms. The molecule has 0 bridgehead atoms. The summed E-state index contributed by atoms with van der Waals surface area (Å²) in [5.41, 5.74) is 5.17. The van der Waals surface area contributed by atoms with Gasteiger partial charge in [-0.2, -0.15) is 0 Å². The van der Waals surface area contributed by atoms with Crippen LogP contribution in [0, 0.1) is 6.92 Å². The smallest absolute Gasteiger partial charge is 0.0787 e.